The van der Waals surface area contributed by atoms with Gasteiger partial charge in [0.2, 0.25) is 0 Å². The van der Waals surface area contributed by atoms with Crippen molar-refractivity contribution in [3.63, 3.8) is 0 Å². The predicted octanol–water partition coefficient (Wildman–Crippen LogP) is 2.64. The Morgan fingerprint density at radius 1 is 1.44 bits per heavy atom. The van der Waals surface area contributed by atoms with Crippen LogP contribution in [-0.2, 0) is 16.0 Å². The van der Waals surface area contributed by atoms with E-state index in [1.807, 2.05) is 18.2 Å². The zero-order valence-electron chi connectivity index (χ0n) is 9.66. The highest BCUT2D eigenvalue weighted by Gasteiger charge is 2.24. The molecule has 1 aromatic rings. The number of benzene rings is 1. The summed E-state index contributed by atoms with van der Waals surface area (Å²) in [5.41, 5.74) is 2.28. The van der Waals surface area contributed by atoms with E-state index in [1.165, 1.54) is 12.5 Å². The van der Waals surface area contributed by atoms with E-state index in [-0.39, 0.29) is 12.1 Å². The van der Waals surface area contributed by atoms with Crippen molar-refractivity contribution >= 4 is 5.97 Å². The standard InChI is InChI=1S/C13H16O3/c1-9(14)16-13-8-4-5-10-11(13)6-3-7-12(10)15-2/h3,6-7,13H,4-5,8H2,1-2H3/t13-/m1/s1. The van der Waals surface area contributed by atoms with Crippen LogP contribution < -0.4 is 4.74 Å². The largest absolute Gasteiger partial charge is 0.496 e. The Morgan fingerprint density at radius 2 is 2.25 bits per heavy atom. The lowest BCUT2D eigenvalue weighted by Gasteiger charge is -2.26. The third kappa shape index (κ3) is 2.03. The van der Waals surface area contributed by atoms with Crippen LogP contribution in [0.15, 0.2) is 18.2 Å². The number of fused-ring (bicyclic) bond motifs is 1. The van der Waals surface area contributed by atoms with Gasteiger partial charge in [-0.3, -0.25) is 4.79 Å². The molecule has 0 fully saturated rings. The number of hydrogen-bond acceptors (Lipinski definition) is 3. The molecular formula is C13H16O3. The van der Waals surface area contributed by atoms with Crippen LogP contribution in [0.4, 0.5) is 0 Å². The molecule has 1 aliphatic carbocycles. The van der Waals surface area contributed by atoms with E-state index in [4.69, 9.17) is 9.47 Å². The van der Waals surface area contributed by atoms with Crippen LogP contribution >= 0.6 is 0 Å². The number of esters is 1. The van der Waals surface area contributed by atoms with Crippen molar-refractivity contribution in [3.05, 3.63) is 29.3 Å². The normalized spacial score (nSPS) is 18.8. The average molecular weight is 220 g/mol. The van der Waals surface area contributed by atoms with Crippen molar-refractivity contribution in [1.29, 1.82) is 0 Å². The highest BCUT2D eigenvalue weighted by atomic mass is 16.5. The zero-order valence-corrected chi connectivity index (χ0v) is 9.66. The second kappa shape index (κ2) is 4.56. The molecule has 0 saturated carbocycles. The van der Waals surface area contributed by atoms with Crippen LogP contribution in [-0.4, -0.2) is 13.1 Å². The maximum Gasteiger partial charge on any atom is 0.303 e. The molecule has 16 heavy (non-hydrogen) atoms. The second-order valence-corrected chi connectivity index (χ2v) is 4.02. The van der Waals surface area contributed by atoms with Gasteiger partial charge in [-0.25, -0.2) is 0 Å². The number of rotatable bonds is 2. The van der Waals surface area contributed by atoms with Crippen LogP contribution in [0.2, 0.25) is 0 Å². The van der Waals surface area contributed by atoms with Crippen molar-refractivity contribution in [2.45, 2.75) is 32.3 Å². The second-order valence-electron chi connectivity index (χ2n) is 4.02. The van der Waals surface area contributed by atoms with Gasteiger partial charge in [0.1, 0.15) is 11.9 Å². The third-order valence-electron chi connectivity index (χ3n) is 2.94. The lowest BCUT2D eigenvalue weighted by atomic mass is 9.88. The molecular weight excluding hydrogens is 204 g/mol. The minimum absolute atomic E-state index is 0.101. The van der Waals surface area contributed by atoms with Gasteiger partial charge in [-0.2, -0.15) is 0 Å². The molecule has 0 saturated heterocycles. The van der Waals surface area contributed by atoms with Gasteiger partial charge in [-0.1, -0.05) is 12.1 Å². The van der Waals surface area contributed by atoms with E-state index >= 15 is 0 Å². The average Bonchev–Trinajstić information content (AvgIpc) is 2.28. The van der Waals surface area contributed by atoms with Gasteiger partial charge in [-0.15, -0.1) is 0 Å². The summed E-state index contributed by atoms with van der Waals surface area (Å²) in [7, 11) is 1.67. The predicted molar refractivity (Wildman–Crippen MR) is 60.4 cm³/mol. The lowest BCUT2D eigenvalue weighted by Crippen LogP contribution is -2.15. The Hall–Kier alpha value is -1.51. The number of hydrogen-bond donors (Lipinski definition) is 0. The molecule has 1 aromatic carbocycles. The lowest BCUT2D eigenvalue weighted by molar-refractivity contribution is -0.147. The van der Waals surface area contributed by atoms with E-state index < -0.39 is 0 Å². The minimum Gasteiger partial charge on any atom is -0.496 e. The summed E-state index contributed by atoms with van der Waals surface area (Å²) in [6.07, 6.45) is 2.83. The molecule has 0 heterocycles. The SMILES string of the molecule is COc1cccc2c1CCC[C@H]2OC(C)=O. The van der Waals surface area contributed by atoms with Gasteiger partial charge in [0.25, 0.3) is 0 Å². The molecule has 0 radical (unpaired) electrons. The van der Waals surface area contributed by atoms with E-state index in [0.29, 0.717) is 0 Å². The molecule has 3 heteroatoms. The molecule has 1 atom stereocenters. The molecule has 0 amide bonds. The first-order valence-corrected chi connectivity index (χ1v) is 5.55. The number of ether oxygens (including phenoxy) is 2. The molecule has 0 N–H and O–H groups in total. The zero-order chi connectivity index (χ0) is 11.5. The van der Waals surface area contributed by atoms with E-state index in [0.717, 1.165) is 30.6 Å². The first kappa shape index (κ1) is 11.0. The summed E-state index contributed by atoms with van der Waals surface area (Å²) < 4.78 is 10.6. The highest BCUT2D eigenvalue weighted by molar-refractivity contribution is 5.66. The van der Waals surface area contributed by atoms with Gasteiger partial charge in [0.05, 0.1) is 7.11 Å². The fourth-order valence-corrected chi connectivity index (χ4v) is 2.29. The Kier molecular flexibility index (Phi) is 3.13. The van der Waals surface area contributed by atoms with Crippen LogP contribution in [0.1, 0.15) is 37.0 Å². The van der Waals surface area contributed by atoms with Crippen LogP contribution in [0.3, 0.4) is 0 Å². The molecule has 0 unspecified atom stereocenters. The smallest absolute Gasteiger partial charge is 0.303 e. The maximum atomic E-state index is 11.0. The quantitative estimate of drug-likeness (QED) is 0.719. The van der Waals surface area contributed by atoms with Crippen molar-refractivity contribution in [3.8, 4) is 5.75 Å². The van der Waals surface area contributed by atoms with E-state index in [9.17, 15) is 4.79 Å². The molecule has 0 aliphatic heterocycles. The number of carbonyl (C=O) groups is 1. The molecule has 0 spiro atoms. The fourth-order valence-electron chi connectivity index (χ4n) is 2.29. The molecule has 2 rings (SSSR count). The van der Waals surface area contributed by atoms with Crippen LogP contribution in [0.5, 0.6) is 5.75 Å². The summed E-state index contributed by atoms with van der Waals surface area (Å²) in [6.45, 7) is 1.45. The fraction of sp³-hybridized carbons (Fsp3) is 0.462. The summed E-state index contributed by atoms with van der Waals surface area (Å²) in [5, 5.41) is 0. The summed E-state index contributed by atoms with van der Waals surface area (Å²) in [6, 6.07) is 5.92. The monoisotopic (exact) mass is 220 g/mol. The van der Waals surface area contributed by atoms with Crippen molar-refractivity contribution < 1.29 is 14.3 Å². The first-order valence-electron chi connectivity index (χ1n) is 5.55. The van der Waals surface area contributed by atoms with Gasteiger partial charge >= 0.3 is 5.97 Å². The van der Waals surface area contributed by atoms with E-state index in [1.54, 1.807) is 7.11 Å². The summed E-state index contributed by atoms with van der Waals surface area (Å²) >= 11 is 0. The van der Waals surface area contributed by atoms with Gasteiger partial charge in [0, 0.05) is 12.5 Å². The first-order chi connectivity index (χ1) is 7.72. The molecule has 86 valence electrons. The Balaban J connectivity index is 2.35. The third-order valence-corrected chi connectivity index (χ3v) is 2.94. The Bertz CT molecular complexity index is 398. The molecule has 1 aliphatic rings. The maximum absolute atomic E-state index is 11.0. The van der Waals surface area contributed by atoms with Crippen molar-refractivity contribution in [2.75, 3.05) is 7.11 Å². The number of carbonyl (C=O) groups excluding carboxylic acids is 1. The molecule has 3 nitrogen and oxygen atoms in total. The minimum atomic E-state index is -0.222. The Morgan fingerprint density at radius 3 is 2.94 bits per heavy atom. The summed E-state index contributed by atoms with van der Waals surface area (Å²) in [5.74, 6) is 0.676. The topological polar surface area (TPSA) is 35.5 Å². The van der Waals surface area contributed by atoms with Gasteiger partial charge in [0.15, 0.2) is 0 Å². The molecule has 0 aromatic heterocycles. The van der Waals surface area contributed by atoms with Crippen molar-refractivity contribution in [1.82, 2.24) is 0 Å². The highest BCUT2D eigenvalue weighted by Crippen LogP contribution is 2.37. The van der Waals surface area contributed by atoms with Crippen molar-refractivity contribution in [2.24, 2.45) is 0 Å². The Labute approximate surface area is 95.4 Å². The summed E-state index contributed by atoms with van der Waals surface area (Å²) in [4.78, 5) is 11.0. The van der Waals surface area contributed by atoms with E-state index in [2.05, 4.69) is 0 Å². The van der Waals surface area contributed by atoms with Crippen LogP contribution in [0, 0.1) is 0 Å². The molecule has 0 bridgehead atoms. The van der Waals surface area contributed by atoms with Gasteiger partial charge < -0.3 is 9.47 Å². The number of methoxy groups -OCH3 is 1. The van der Waals surface area contributed by atoms with Crippen LogP contribution in [0.25, 0.3) is 0 Å². The van der Waals surface area contributed by atoms with Gasteiger partial charge in [-0.05, 0) is 30.9 Å².